The molecule has 6 N–H and O–H groups in total. The van der Waals surface area contributed by atoms with Crippen molar-refractivity contribution in [3.63, 3.8) is 0 Å². The van der Waals surface area contributed by atoms with E-state index >= 15 is 4.79 Å². The van der Waals surface area contributed by atoms with E-state index in [2.05, 4.69) is 0 Å². The number of carbonyl (C=O) groups is 2. The van der Waals surface area contributed by atoms with E-state index in [1.165, 1.54) is 0 Å². The largest absolute Gasteiger partial charge is 0.383 e. The van der Waals surface area contributed by atoms with E-state index in [9.17, 15) is 15.0 Å². The van der Waals surface area contributed by atoms with E-state index in [4.69, 9.17) is 25.9 Å². The molecule has 2 fully saturated rings. The van der Waals surface area contributed by atoms with Crippen molar-refractivity contribution < 1.29 is 29.3 Å². The van der Waals surface area contributed by atoms with Crippen LogP contribution in [-0.2, 0) is 25.9 Å². The van der Waals surface area contributed by atoms with Gasteiger partial charge in [-0.25, -0.2) is 4.99 Å². The van der Waals surface area contributed by atoms with Gasteiger partial charge < -0.3 is 31.2 Å². The molecule has 0 aromatic heterocycles. The second-order valence-electron chi connectivity index (χ2n) is 19.6. The van der Waals surface area contributed by atoms with Crippen molar-refractivity contribution >= 4 is 17.6 Å². The van der Waals surface area contributed by atoms with Crippen LogP contribution in [0.25, 0.3) is 0 Å². The Morgan fingerprint density at radius 3 is 1.59 bits per heavy atom. The molecule has 8 rings (SSSR count). The Morgan fingerprint density at radius 2 is 1.11 bits per heavy atom. The van der Waals surface area contributed by atoms with Gasteiger partial charge in [-0.15, -0.1) is 0 Å². The Hall–Kier alpha value is -5.75. The van der Waals surface area contributed by atoms with Gasteiger partial charge >= 0.3 is 0 Å². The number of rotatable bonds is 10. The highest BCUT2D eigenvalue weighted by Crippen LogP contribution is 2.74. The Kier molecular flexibility index (Phi) is 10.8. The van der Waals surface area contributed by atoms with Gasteiger partial charge in [0, 0.05) is 22.1 Å². The average Bonchev–Trinajstić information content (AvgIpc) is 3.47. The fourth-order valence-electron chi connectivity index (χ4n) is 10.1. The summed E-state index contributed by atoms with van der Waals surface area (Å²) in [5, 5.41) is 25.9. The molecule has 3 aliphatic rings. The molecule has 1 aliphatic carbocycles. The Balaban J connectivity index is 1.28. The first-order valence-corrected chi connectivity index (χ1v) is 21.5. The monoisotopic (exact) mass is 846 g/mol. The van der Waals surface area contributed by atoms with Crippen molar-refractivity contribution in [3.8, 4) is 0 Å². The third kappa shape index (κ3) is 6.69. The number of ketones is 1. The SMILES string of the molecule is CC(C)(C)c1ccccc1C(=O)C1=C([C@@H]2O[C@H](COC(c3ccccc3)(c3ccccc3)c3ccccc3)[C@]3(O)C(C)(C)[C@]23O)C(N)N(C(=O)c2ccccc2C(C)(C)C)C(N)=N1. The van der Waals surface area contributed by atoms with Crippen LogP contribution >= 0.6 is 0 Å². The lowest BCUT2D eigenvalue weighted by Gasteiger charge is -2.40. The molecule has 1 amide bonds. The van der Waals surface area contributed by atoms with Crippen LogP contribution in [0.3, 0.4) is 0 Å². The van der Waals surface area contributed by atoms with Gasteiger partial charge in [0.2, 0.25) is 11.7 Å². The predicted molar refractivity (Wildman–Crippen MR) is 245 cm³/mol. The molecule has 2 aliphatic heterocycles. The summed E-state index contributed by atoms with van der Waals surface area (Å²) in [6.07, 6.45) is -4.05. The summed E-state index contributed by atoms with van der Waals surface area (Å²) in [6, 6.07) is 43.9. The number of fused-ring (bicyclic) bond motifs is 1. The summed E-state index contributed by atoms with van der Waals surface area (Å²) < 4.78 is 14.1. The summed E-state index contributed by atoms with van der Waals surface area (Å²) in [5.41, 5.74) is 11.3. The van der Waals surface area contributed by atoms with Gasteiger partial charge in [0.05, 0.1) is 6.61 Å². The molecule has 2 heterocycles. The van der Waals surface area contributed by atoms with E-state index in [1.54, 1.807) is 38.1 Å². The lowest BCUT2D eigenvalue weighted by atomic mass is 9.80. The first-order chi connectivity index (χ1) is 29.7. The number of nitrogens with zero attached hydrogens (tertiary/aromatic N) is 2. The van der Waals surface area contributed by atoms with Crippen molar-refractivity contribution in [3.05, 3.63) is 190 Å². The highest BCUT2D eigenvalue weighted by molar-refractivity contribution is 6.14. The maximum Gasteiger partial charge on any atom is 0.262 e. The fourth-order valence-corrected chi connectivity index (χ4v) is 10.1. The van der Waals surface area contributed by atoms with Crippen LogP contribution in [0.4, 0.5) is 0 Å². The maximum atomic E-state index is 15.1. The number of hydrogen-bond acceptors (Lipinski definition) is 9. The van der Waals surface area contributed by atoms with Crippen molar-refractivity contribution in [2.75, 3.05) is 6.61 Å². The third-order valence-corrected chi connectivity index (χ3v) is 13.6. The van der Waals surface area contributed by atoms with Crippen molar-refractivity contribution in [1.29, 1.82) is 0 Å². The zero-order valence-electron chi connectivity index (χ0n) is 37.3. The first kappa shape index (κ1) is 43.9. The molecule has 1 saturated carbocycles. The van der Waals surface area contributed by atoms with E-state index in [0.29, 0.717) is 11.1 Å². The van der Waals surface area contributed by atoms with Crippen LogP contribution in [0.2, 0.25) is 0 Å². The number of hydrogen-bond donors (Lipinski definition) is 4. The van der Waals surface area contributed by atoms with Crippen LogP contribution in [-0.4, -0.2) is 68.9 Å². The van der Waals surface area contributed by atoms with E-state index in [1.807, 2.05) is 157 Å². The Bertz CT molecular complexity index is 2520. The molecule has 326 valence electrons. The van der Waals surface area contributed by atoms with E-state index < -0.39 is 63.1 Å². The molecule has 0 bridgehead atoms. The molecule has 1 saturated heterocycles. The topological polar surface area (TPSA) is 161 Å². The zero-order chi connectivity index (χ0) is 45.3. The minimum atomic E-state index is -2.02. The summed E-state index contributed by atoms with van der Waals surface area (Å²) in [4.78, 5) is 35.8. The van der Waals surface area contributed by atoms with E-state index in [-0.39, 0.29) is 23.8 Å². The standard InChI is InChI=1S/C53H58N4O6/c1-48(2,3)38-30-20-18-28-36(38)43(58)42-41(45(54)57(47(55)56-42)46(59)37-29-19-21-31-39(37)49(4,5)6)44-53(61)50(7,8)52(53,60)40(63-44)32-62-51(33-22-12-9-13-23-33,34-24-14-10-15-25-34)35-26-16-11-17-27-35/h9-31,40,44-45,60-61H,32,54H2,1-8H3,(H2,55,56)/t40-,44+,45?,52+,53-/m1/s1. The van der Waals surface area contributed by atoms with E-state index in [0.717, 1.165) is 32.7 Å². The molecule has 5 aromatic rings. The number of allylic oxidation sites excluding steroid dienone is 1. The number of Topliss-reactive ketones (excluding diaryl/α,β-unsaturated/α-hetero) is 1. The van der Waals surface area contributed by atoms with Gasteiger partial charge in [0.15, 0.2) is 0 Å². The number of aliphatic imine (C=N–C) groups is 1. The van der Waals surface area contributed by atoms with Gasteiger partial charge in [-0.1, -0.05) is 189 Å². The molecule has 10 heteroatoms. The molecule has 5 atom stereocenters. The molecule has 0 spiro atoms. The summed E-state index contributed by atoms with van der Waals surface area (Å²) in [7, 11) is 0. The Morgan fingerprint density at radius 1 is 0.683 bits per heavy atom. The predicted octanol–water partition coefficient (Wildman–Crippen LogP) is 7.75. The number of benzene rings is 5. The normalized spacial score (nSPS) is 24.5. The van der Waals surface area contributed by atoms with Crippen LogP contribution < -0.4 is 11.5 Å². The van der Waals surface area contributed by atoms with Crippen LogP contribution in [0.5, 0.6) is 0 Å². The van der Waals surface area contributed by atoms with Gasteiger partial charge in [0.1, 0.15) is 40.9 Å². The lowest BCUT2D eigenvalue weighted by Crippen LogP contribution is -2.59. The first-order valence-electron chi connectivity index (χ1n) is 21.5. The minimum absolute atomic E-state index is 0.0222. The molecular weight excluding hydrogens is 789 g/mol. The highest BCUT2D eigenvalue weighted by atomic mass is 16.6. The van der Waals surface area contributed by atoms with Gasteiger partial charge in [-0.3, -0.25) is 14.5 Å². The molecular formula is C53H58N4O6. The summed E-state index contributed by atoms with van der Waals surface area (Å²) >= 11 is 0. The number of ether oxygens (including phenoxy) is 2. The van der Waals surface area contributed by atoms with Crippen LogP contribution in [0.15, 0.2) is 156 Å². The zero-order valence-corrected chi connectivity index (χ0v) is 37.3. The average molecular weight is 847 g/mol. The summed E-state index contributed by atoms with van der Waals surface area (Å²) in [6.45, 7) is 15.3. The smallest absolute Gasteiger partial charge is 0.262 e. The molecule has 5 aromatic carbocycles. The number of guanidine groups is 1. The number of amides is 1. The van der Waals surface area contributed by atoms with Crippen molar-refractivity contribution in [2.45, 2.75) is 101 Å². The second kappa shape index (κ2) is 15.5. The Labute approximate surface area is 370 Å². The van der Waals surface area contributed by atoms with Crippen LogP contribution in [0, 0.1) is 5.41 Å². The molecule has 10 nitrogen and oxygen atoms in total. The summed E-state index contributed by atoms with van der Waals surface area (Å²) in [5.74, 6) is -1.34. The van der Waals surface area contributed by atoms with Gasteiger partial charge in [-0.05, 0) is 44.7 Å². The molecule has 0 radical (unpaired) electrons. The minimum Gasteiger partial charge on any atom is -0.383 e. The third-order valence-electron chi connectivity index (χ3n) is 13.6. The number of carbonyl (C=O) groups excluding carboxylic acids is 2. The molecule has 1 unspecified atom stereocenters. The number of aliphatic hydroxyl groups is 2. The molecule has 63 heavy (non-hydrogen) atoms. The second-order valence-corrected chi connectivity index (χ2v) is 19.6. The highest BCUT2D eigenvalue weighted by Gasteiger charge is 2.92. The number of nitrogens with two attached hydrogens (primary N) is 2. The maximum absolute atomic E-state index is 15.1. The van der Waals surface area contributed by atoms with Crippen molar-refractivity contribution in [2.24, 2.45) is 21.9 Å². The van der Waals surface area contributed by atoms with Gasteiger partial charge in [0.25, 0.3) is 5.91 Å². The van der Waals surface area contributed by atoms with Crippen LogP contribution in [0.1, 0.15) is 104 Å². The quantitative estimate of drug-likeness (QED) is 0.0820. The van der Waals surface area contributed by atoms with Gasteiger partial charge in [-0.2, -0.15) is 0 Å². The fraction of sp³-hybridized carbons (Fsp3) is 0.340. The lowest BCUT2D eigenvalue weighted by molar-refractivity contribution is -0.120. The van der Waals surface area contributed by atoms with Crippen molar-refractivity contribution in [1.82, 2.24) is 4.90 Å².